The fourth-order valence-electron chi connectivity index (χ4n) is 2.39. The van der Waals surface area contributed by atoms with E-state index < -0.39 is 5.60 Å². The number of rotatable bonds is 4. The molecule has 1 aliphatic rings. The zero-order valence-corrected chi connectivity index (χ0v) is 11.7. The summed E-state index contributed by atoms with van der Waals surface area (Å²) in [6, 6.07) is 5.25. The molecule has 1 saturated carbocycles. The summed E-state index contributed by atoms with van der Waals surface area (Å²) < 4.78 is 5.21. The van der Waals surface area contributed by atoms with Crippen LogP contribution in [0, 0.1) is 0 Å². The topological polar surface area (TPSA) is 58.6 Å². The lowest BCUT2D eigenvalue weighted by molar-refractivity contribution is -0.139. The molecule has 1 fully saturated rings. The number of carbonyl (C=O) groups is 1. The lowest BCUT2D eigenvalue weighted by Gasteiger charge is -2.21. The van der Waals surface area contributed by atoms with Crippen LogP contribution < -0.4 is 10.1 Å². The van der Waals surface area contributed by atoms with Crippen molar-refractivity contribution in [3.8, 4) is 5.75 Å². The molecule has 1 aromatic carbocycles. The zero-order valence-electron chi connectivity index (χ0n) is 10.9. The molecule has 0 aliphatic heterocycles. The molecule has 1 aliphatic carbocycles. The molecule has 2 rings (SSSR count). The van der Waals surface area contributed by atoms with E-state index in [2.05, 4.69) is 5.32 Å². The molecule has 0 bridgehead atoms. The van der Waals surface area contributed by atoms with Crippen molar-refractivity contribution >= 4 is 17.5 Å². The van der Waals surface area contributed by atoms with Crippen molar-refractivity contribution in [1.82, 2.24) is 5.32 Å². The van der Waals surface area contributed by atoms with Crippen molar-refractivity contribution in [2.75, 3.05) is 7.11 Å². The highest BCUT2D eigenvalue weighted by molar-refractivity contribution is 6.30. The Morgan fingerprint density at radius 3 is 2.79 bits per heavy atom. The molecule has 1 amide bonds. The summed E-state index contributed by atoms with van der Waals surface area (Å²) in [4.78, 5) is 12.0. The number of ether oxygens (including phenoxy) is 1. The molecule has 0 saturated heterocycles. The van der Waals surface area contributed by atoms with Crippen LogP contribution in [0.25, 0.3) is 0 Å². The first-order chi connectivity index (χ1) is 9.05. The normalized spacial score (nSPS) is 17.2. The standard InChI is InChI=1S/C14H18ClNO3/c1-19-12-8-11(15)5-4-10(12)9-16-13(17)14(18)6-2-3-7-14/h4-5,8,18H,2-3,6-7,9H2,1H3,(H,16,17). The van der Waals surface area contributed by atoms with Gasteiger partial charge < -0.3 is 15.2 Å². The highest BCUT2D eigenvalue weighted by atomic mass is 35.5. The van der Waals surface area contributed by atoms with Crippen LogP contribution in [0.2, 0.25) is 5.02 Å². The van der Waals surface area contributed by atoms with Gasteiger partial charge >= 0.3 is 0 Å². The first-order valence-corrected chi connectivity index (χ1v) is 6.76. The van der Waals surface area contributed by atoms with E-state index in [-0.39, 0.29) is 5.91 Å². The third kappa shape index (κ3) is 3.19. The van der Waals surface area contributed by atoms with Gasteiger partial charge in [0.25, 0.3) is 5.91 Å². The van der Waals surface area contributed by atoms with E-state index in [1.807, 2.05) is 0 Å². The molecule has 5 heteroatoms. The Morgan fingerprint density at radius 2 is 2.16 bits per heavy atom. The van der Waals surface area contributed by atoms with Crippen LogP contribution in [-0.2, 0) is 11.3 Å². The predicted octanol–water partition coefficient (Wildman–Crippen LogP) is 2.27. The second kappa shape index (κ2) is 5.80. The Morgan fingerprint density at radius 1 is 1.47 bits per heavy atom. The lowest BCUT2D eigenvalue weighted by Crippen LogP contribution is -2.44. The van der Waals surface area contributed by atoms with Crippen LogP contribution in [0.15, 0.2) is 18.2 Å². The third-order valence-electron chi connectivity index (χ3n) is 3.54. The predicted molar refractivity (Wildman–Crippen MR) is 73.3 cm³/mol. The number of methoxy groups -OCH3 is 1. The summed E-state index contributed by atoms with van der Waals surface area (Å²) in [6.07, 6.45) is 2.87. The molecule has 0 atom stereocenters. The largest absolute Gasteiger partial charge is 0.496 e. The van der Waals surface area contributed by atoms with Gasteiger partial charge in [0.05, 0.1) is 7.11 Å². The van der Waals surface area contributed by atoms with Crippen LogP contribution >= 0.6 is 11.6 Å². The minimum absolute atomic E-state index is 0.304. The molecule has 104 valence electrons. The van der Waals surface area contributed by atoms with Gasteiger partial charge in [-0.2, -0.15) is 0 Å². The van der Waals surface area contributed by atoms with Crippen molar-refractivity contribution in [3.05, 3.63) is 28.8 Å². The zero-order chi connectivity index (χ0) is 13.9. The van der Waals surface area contributed by atoms with Crippen molar-refractivity contribution in [3.63, 3.8) is 0 Å². The highest BCUT2D eigenvalue weighted by Crippen LogP contribution is 2.30. The van der Waals surface area contributed by atoms with Crippen molar-refractivity contribution in [2.45, 2.75) is 37.8 Å². The van der Waals surface area contributed by atoms with Crippen LogP contribution in [0.4, 0.5) is 0 Å². The summed E-state index contributed by atoms with van der Waals surface area (Å²) >= 11 is 5.88. The molecule has 4 nitrogen and oxygen atoms in total. The summed E-state index contributed by atoms with van der Waals surface area (Å²) in [5.74, 6) is 0.327. The summed E-state index contributed by atoms with van der Waals surface area (Å²) in [5, 5.41) is 13.5. The number of aliphatic hydroxyl groups is 1. The van der Waals surface area contributed by atoms with Crippen LogP contribution in [0.3, 0.4) is 0 Å². The molecule has 0 aromatic heterocycles. The van der Waals surface area contributed by atoms with Crippen molar-refractivity contribution in [2.24, 2.45) is 0 Å². The van der Waals surface area contributed by atoms with E-state index in [0.29, 0.717) is 30.2 Å². The smallest absolute Gasteiger partial charge is 0.252 e. The Hall–Kier alpha value is -1.26. The Balaban J connectivity index is 2.00. The van der Waals surface area contributed by atoms with Crippen LogP contribution in [-0.4, -0.2) is 23.7 Å². The Labute approximate surface area is 117 Å². The van der Waals surface area contributed by atoms with E-state index in [9.17, 15) is 9.90 Å². The lowest BCUT2D eigenvalue weighted by atomic mass is 10.0. The van der Waals surface area contributed by atoms with E-state index in [4.69, 9.17) is 16.3 Å². The number of benzene rings is 1. The second-order valence-electron chi connectivity index (χ2n) is 4.88. The van der Waals surface area contributed by atoms with Crippen LogP contribution in [0.1, 0.15) is 31.2 Å². The average Bonchev–Trinajstić information content (AvgIpc) is 2.85. The molecular weight excluding hydrogens is 266 g/mol. The maximum absolute atomic E-state index is 12.0. The first kappa shape index (κ1) is 14.2. The quantitative estimate of drug-likeness (QED) is 0.891. The van der Waals surface area contributed by atoms with E-state index in [1.54, 1.807) is 25.3 Å². The van der Waals surface area contributed by atoms with Gasteiger partial charge in [-0.15, -0.1) is 0 Å². The van der Waals surface area contributed by atoms with Crippen molar-refractivity contribution in [1.29, 1.82) is 0 Å². The average molecular weight is 284 g/mol. The molecular formula is C14H18ClNO3. The molecule has 1 aromatic rings. The highest BCUT2D eigenvalue weighted by Gasteiger charge is 2.38. The maximum atomic E-state index is 12.0. The van der Waals surface area contributed by atoms with Gasteiger partial charge in [-0.1, -0.05) is 17.7 Å². The molecule has 2 N–H and O–H groups in total. The fourth-order valence-corrected chi connectivity index (χ4v) is 2.55. The number of amides is 1. The van der Waals surface area contributed by atoms with Gasteiger partial charge in [0, 0.05) is 17.1 Å². The fraction of sp³-hybridized carbons (Fsp3) is 0.500. The van der Waals surface area contributed by atoms with E-state index >= 15 is 0 Å². The minimum atomic E-state index is -1.19. The molecule has 19 heavy (non-hydrogen) atoms. The number of carbonyl (C=O) groups excluding carboxylic acids is 1. The van der Waals surface area contributed by atoms with Crippen LogP contribution in [0.5, 0.6) is 5.75 Å². The number of nitrogens with one attached hydrogen (secondary N) is 1. The number of halogens is 1. The number of hydrogen-bond acceptors (Lipinski definition) is 3. The molecule has 0 spiro atoms. The Kier molecular flexibility index (Phi) is 4.32. The van der Waals surface area contributed by atoms with Gasteiger partial charge in [0.1, 0.15) is 11.4 Å². The molecule has 0 unspecified atom stereocenters. The Bertz CT molecular complexity index is 470. The molecule has 0 heterocycles. The van der Waals surface area contributed by atoms with E-state index in [1.165, 1.54) is 0 Å². The SMILES string of the molecule is COc1cc(Cl)ccc1CNC(=O)C1(O)CCCC1. The van der Waals surface area contributed by atoms with E-state index in [0.717, 1.165) is 18.4 Å². The maximum Gasteiger partial charge on any atom is 0.252 e. The van der Waals surface area contributed by atoms with Gasteiger partial charge in [-0.25, -0.2) is 0 Å². The van der Waals surface area contributed by atoms with Gasteiger partial charge in [0.2, 0.25) is 0 Å². The van der Waals surface area contributed by atoms with Gasteiger partial charge in [0.15, 0.2) is 0 Å². The minimum Gasteiger partial charge on any atom is -0.496 e. The second-order valence-corrected chi connectivity index (χ2v) is 5.31. The number of hydrogen-bond donors (Lipinski definition) is 2. The summed E-state index contributed by atoms with van der Waals surface area (Å²) in [7, 11) is 1.56. The first-order valence-electron chi connectivity index (χ1n) is 6.38. The van der Waals surface area contributed by atoms with Gasteiger partial charge in [-0.3, -0.25) is 4.79 Å². The van der Waals surface area contributed by atoms with Gasteiger partial charge in [-0.05, 0) is 37.8 Å². The molecule has 0 radical (unpaired) electrons. The monoisotopic (exact) mass is 283 g/mol. The third-order valence-corrected chi connectivity index (χ3v) is 3.78. The summed E-state index contributed by atoms with van der Waals surface area (Å²) in [6.45, 7) is 0.321. The van der Waals surface area contributed by atoms with Crippen molar-refractivity contribution < 1.29 is 14.6 Å². The summed E-state index contributed by atoms with van der Waals surface area (Å²) in [5.41, 5.74) is -0.360.